The zero-order valence-corrected chi connectivity index (χ0v) is 10.9. The highest BCUT2D eigenvalue weighted by Crippen LogP contribution is 2.17. The number of nitrogens with zero attached hydrogens (tertiary/aromatic N) is 1. The summed E-state index contributed by atoms with van der Waals surface area (Å²) in [6.07, 6.45) is 2.13. The van der Waals surface area contributed by atoms with Gasteiger partial charge in [0, 0.05) is 32.3 Å². The van der Waals surface area contributed by atoms with E-state index in [-0.39, 0.29) is 0 Å². The molecule has 1 aromatic heterocycles. The van der Waals surface area contributed by atoms with Crippen LogP contribution in [0, 0.1) is 0 Å². The van der Waals surface area contributed by atoms with Crippen LogP contribution in [0.4, 0.5) is 0 Å². The Morgan fingerprint density at radius 2 is 2.47 bits per heavy atom. The van der Waals surface area contributed by atoms with Gasteiger partial charge in [-0.25, -0.2) is 4.79 Å². The fourth-order valence-electron chi connectivity index (χ4n) is 1.93. The molecule has 0 aliphatic carbocycles. The van der Waals surface area contributed by atoms with Gasteiger partial charge in [0.25, 0.3) is 0 Å². The predicted molar refractivity (Wildman–Crippen MR) is 67.7 cm³/mol. The lowest BCUT2D eigenvalue weighted by Crippen LogP contribution is -2.40. The fraction of sp³-hybridized carbons (Fsp3) is 0.538. The Hall–Kier alpha value is -1.50. The van der Waals surface area contributed by atoms with E-state index in [1.807, 2.05) is 0 Å². The molecule has 1 unspecified atom stereocenters. The first-order valence-electron chi connectivity index (χ1n) is 6.17. The van der Waals surface area contributed by atoms with Crippen molar-refractivity contribution in [3.05, 3.63) is 29.6 Å². The molecule has 0 amide bonds. The average molecular weight is 266 g/mol. The molecule has 2 rings (SSSR count). The SMILES string of the molecule is COC(=O)c1ccc(CNCC2(O)CCOC2)nc1. The Bertz CT molecular complexity index is 427. The van der Waals surface area contributed by atoms with E-state index in [9.17, 15) is 9.90 Å². The van der Waals surface area contributed by atoms with Crippen molar-refractivity contribution in [2.24, 2.45) is 0 Å². The third kappa shape index (κ3) is 3.73. The van der Waals surface area contributed by atoms with Crippen LogP contribution in [0.1, 0.15) is 22.5 Å². The Labute approximate surface area is 111 Å². The van der Waals surface area contributed by atoms with Gasteiger partial charge < -0.3 is 19.9 Å². The van der Waals surface area contributed by atoms with Gasteiger partial charge in [-0.15, -0.1) is 0 Å². The summed E-state index contributed by atoms with van der Waals surface area (Å²) in [4.78, 5) is 15.4. The van der Waals surface area contributed by atoms with Crippen LogP contribution < -0.4 is 5.32 Å². The number of carbonyl (C=O) groups excluding carboxylic acids is 1. The number of ether oxygens (including phenoxy) is 2. The van der Waals surface area contributed by atoms with Crippen LogP contribution >= 0.6 is 0 Å². The lowest BCUT2D eigenvalue weighted by atomic mass is 10.0. The number of pyridine rings is 1. The number of nitrogens with one attached hydrogen (secondary N) is 1. The standard InChI is InChI=1S/C13H18N2O4/c1-18-12(16)10-2-3-11(15-6-10)7-14-8-13(17)4-5-19-9-13/h2-3,6,14,17H,4-5,7-9H2,1H3. The molecule has 0 bridgehead atoms. The summed E-state index contributed by atoms with van der Waals surface area (Å²) in [6.45, 7) is 1.97. The Morgan fingerprint density at radius 3 is 3.05 bits per heavy atom. The number of esters is 1. The summed E-state index contributed by atoms with van der Waals surface area (Å²) in [7, 11) is 1.34. The summed E-state index contributed by atoms with van der Waals surface area (Å²) in [5, 5.41) is 13.2. The van der Waals surface area contributed by atoms with Crippen molar-refractivity contribution < 1.29 is 19.4 Å². The number of rotatable bonds is 5. The molecule has 0 saturated carbocycles. The second-order valence-corrected chi connectivity index (χ2v) is 4.66. The van der Waals surface area contributed by atoms with Gasteiger partial charge in [0.2, 0.25) is 0 Å². The Balaban J connectivity index is 1.81. The van der Waals surface area contributed by atoms with Crippen LogP contribution in [0.3, 0.4) is 0 Å². The van der Waals surface area contributed by atoms with Gasteiger partial charge in [-0.05, 0) is 12.1 Å². The van der Waals surface area contributed by atoms with Crippen molar-refractivity contribution in [3.8, 4) is 0 Å². The zero-order valence-electron chi connectivity index (χ0n) is 10.9. The fourth-order valence-corrected chi connectivity index (χ4v) is 1.93. The minimum absolute atomic E-state index is 0.370. The second-order valence-electron chi connectivity index (χ2n) is 4.66. The molecule has 0 radical (unpaired) electrons. The van der Waals surface area contributed by atoms with Crippen LogP contribution in [0.15, 0.2) is 18.3 Å². The molecule has 1 fully saturated rings. The van der Waals surface area contributed by atoms with Crippen LogP contribution in [0.2, 0.25) is 0 Å². The number of aliphatic hydroxyl groups is 1. The van der Waals surface area contributed by atoms with Crippen molar-refractivity contribution in [2.45, 2.75) is 18.6 Å². The summed E-state index contributed by atoms with van der Waals surface area (Å²) in [5.41, 5.74) is 0.454. The number of hydrogen-bond acceptors (Lipinski definition) is 6. The second kappa shape index (κ2) is 6.10. The van der Waals surface area contributed by atoms with E-state index in [0.29, 0.717) is 38.3 Å². The lowest BCUT2D eigenvalue weighted by Gasteiger charge is -2.20. The van der Waals surface area contributed by atoms with Crippen molar-refractivity contribution in [3.63, 3.8) is 0 Å². The third-order valence-electron chi connectivity index (χ3n) is 3.09. The van der Waals surface area contributed by atoms with Gasteiger partial charge in [-0.1, -0.05) is 0 Å². The maximum absolute atomic E-state index is 11.2. The molecule has 1 aromatic rings. The van der Waals surface area contributed by atoms with Gasteiger partial charge in [-0.3, -0.25) is 4.98 Å². The first kappa shape index (κ1) is 13.9. The van der Waals surface area contributed by atoms with E-state index >= 15 is 0 Å². The Morgan fingerprint density at radius 1 is 1.63 bits per heavy atom. The van der Waals surface area contributed by atoms with Gasteiger partial charge >= 0.3 is 5.97 Å². The largest absolute Gasteiger partial charge is 0.465 e. The van der Waals surface area contributed by atoms with Gasteiger partial charge in [0.1, 0.15) is 5.60 Å². The highest BCUT2D eigenvalue weighted by Gasteiger charge is 2.31. The predicted octanol–water partition coefficient (Wildman–Crippen LogP) is 0.109. The molecule has 1 saturated heterocycles. The van der Waals surface area contributed by atoms with Crippen LogP contribution in [0.5, 0.6) is 0 Å². The summed E-state index contributed by atoms with van der Waals surface area (Å²) >= 11 is 0. The van der Waals surface area contributed by atoms with E-state index < -0.39 is 11.6 Å². The monoisotopic (exact) mass is 266 g/mol. The molecular weight excluding hydrogens is 248 g/mol. The number of hydrogen-bond donors (Lipinski definition) is 2. The molecule has 2 heterocycles. The van der Waals surface area contributed by atoms with Crippen LogP contribution in [-0.2, 0) is 16.0 Å². The summed E-state index contributed by atoms with van der Waals surface area (Å²) in [6, 6.07) is 3.43. The van der Waals surface area contributed by atoms with Crippen LogP contribution in [-0.4, -0.2) is 48.5 Å². The smallest absolute Gasteiger partial charge is 0.339 e. The number of aromatic nitrogens is 1. The number of carbonyl (C=O) groups is 1. The van der Waals surface area contributed by atoms with E-state index in [2.05, 4.69) is 15.0 Å². The summed E-state index contributed by atoms with van der Waals surface area (Å²) in [5.74, 6) is -0.399. The quantitative estimate of drug-likeness (QED) is 0.736. The highest BCUT2D eigenvalue weighted by atomic mass is 16.5. The van der Waals surface area contributed by atoms with Crippen molar-refractivity contribution in [1.29, 1.82) is 0 Å². The topological polar surface area (TPSA) is 80.7 Å². The van der Waals surface area contributed by atoms with Gasteiger partial charge in [-0.2, -0.15) is 0 Å². The molecular formula is C13H18N2O4. The van der Waals surface area contributed by atoms with Crippen molar-refractivity contribution in [2.75, 3.05) is 26.9 Å². The molecule has 19 heavy (non-hydrogen) atoms. The number of methoxy groups -OCH3 is 1. The van der Waals surface area contributed by atoms with E-state index in [1.54, 1.807) is 12.1 Å². The van der Waals surface area contributed by atoms with Crippen LogP contribution in [0.25, 0.3) is 0 Å². The first-order valence-corrected chi connectivity index (χ1v) is 6.17. The minimum atomic E-state index is -0.772. The molecule has 2 N–H and O–H groups in total. The molecule has 1 atom stereocenters. The first-order chi connectivity index (χ1) is 9.13. The van der Waals surface area contributed by atoms with Crippen molar-refractivity contribution >= 4 is 5.97 Å². The molecule has 1 aliphatic rings. The molecule has 104 valence electrons. The van der Waals surface area contributed by atoms with E-state index in [4.69, 9.17) is 4.74 Å². The van der Waals surface area contributed by atoms with Crippen molar-refractivity contribution in [1.82, 2.24) is 10.3 Å². The van der Waals surface area contributed by atoms with Gasteiger partial charge in [0.15, 0.2) is 0 Å². The summed E-state index contributed by atoms with van der Waals surface area (Å²) < 4.78 is 9.76. The molecule has 6 nitrogen and oxygen atoms in total. The van der Waals surface area contributed by atoms with Gasteiger partial charge in [0.05, 0.1) is 25.0 Å². The molecule has 0 aromatic carbocycles. The third-order valence-corrected chi connectivity index (χ3v) is 3.09. The minimum Gasteiger partial charge on any atom is -0.465 e. The highest BCUT2D eigenvalue weighted by molar-refractivity contribution is 5.88. The van der Waals surface area contributed by atoms with E-state index in [1.165, 1.54) is 13.3 Å². The normalized spacial score (nSPS) is 22.4. The maximum Gasteiger partial charge on any atom is 0.339 e. The maximum atomic E-state index is 11.2. The molecule has 0 spiro atoms. The molecule has 1 aliphatic heterocycles. The average Bonchev–Trinajstić information content (AvgIpc) is 2.86. The lowest BCUT2D eigenvalue weighted by molar-refractivity contribution is 0.0268. The Kier molecular flexibility index (Phi) is 4.47. The van der Waals surface area contributed by atoms with E-state index in [0.717, 1.165) is 5.69 Å². The zero-order chi connectivity index (χ0) is 13.7. The molecule has 6 heteroatoms.